The number of sulfonamides is 1. The summed E-state index contributed by atoms with van der Waals surface area (Å²) in [6.45, 7) is 3.97. The smallest absolute Gasteiger partial charge is 0.252 e. The molecule has 0 unspecified atom stereocenters. The zero-order valence-corrected chi connectivity index (χ0v) is 18.7. The van der Waals surface area contributed by atoms with E-state index in [-0.39, 0.29) is 23.5 Å². The summed E-state index contributed by atoms with van der Waals surface area (Å²) in [6.07, 6.45) is 0. The van der Waals surface area contributed by atoms with Crippen LogP contribution in [0.3, 0.4) is 0 Å². The van der Waals surface area contributed by atoms with Crippen molar-refractivity contribution in [2.24, 2.45) is 0 Å². The second-order valence-electron chi connectivity index (χ2n) is 7.45. The van der Waals surface area contributed by atoms with E-state index in [2.05, 4.69) is 4.98 Å². The van der Waals surface area contributed by atoms with Crippen molar-refractivity contribution in [2.45, 2.75) is 31.8 Å². The van der Waals surface area contributed by atoms with Crippen LogP contribution in [0, 0.1) is 19.7 Å². The number of nitrogens with one attached hydrogen (secondary N) is 1. The highest BCUT2D eigenvalue weighted by Crippen LogP contribution is 2.24. The van der Waals surface area contributed by atoms with Gasteiger partial charge < -0.3 is 4.98 Å². The molecule has 5 nitrogen and oxygen atoms in total. The van der Waals surface area contributed by atoms with Crippen LogP contribution in [0.5, 0.6) is 0 Å². The first-order valence-electron chi connectivity index (χ1n) is 9.65. The molecule has 0 saturated heterocycles. The van der Waals surface area contributed by atoms with Gasteiger partial charge in [-0.1, -0.05) is 6.07 Å². The average molecular weight is 457 g/mol. The number of fused-ring (bicyclic) bond motifs is 1. The highest BCUT2D eigenvalue weighted by Gasteiger charge is 2.26. The highest BCUT2D eigenvalue weighted by atomic mass is 32.2. The van der Waals surface area contributed by atoms with E-state index in [1.165, 1.54) is 27.8 Å². The molecule has 8 heteroatoms. The summed E-state index contributed by atoms with van der Waals surface area (Å²) in [6, 6.07) is 14.0. The predicted molar refractivity (Wildman–Crippen MR) is 121 cm³/mol. The van der Waals surface area contributed by atoms with Gasteiger partial charge in [0.1, 0.15) is 5.82 Å². The fourth-order valence-corrected chi connectivity index (χ4v) is 5.58. The van der Waals surface area contributed by atoms with Crippen LogP contribution < -0.4 is 5.56 Å². The molecule has 1 N–H and O–H groups in total. The Morgan fingerprint density at radius 3 is 2.39 bits per heavy atom. The molecule has 0 aliphatic rings. The molecule has 0 radical (unpaired) electrons. The first-order chi connectivity index (χ1) is 14.7. The van der Waals surface area contributed by atoms with Gasteiger partial charge >= 0.3 is 0 Å². The first-order valence-corrected chi connectivity index (χ1v) is 12.0. The van der Waals surface area contributed by atoms with Crippen LogP contribution in [0.2, 0.25) is 0 Å². The summed E-state index contributed by atoms with van der Waals surface area (Å²) in [5.41, 5.74) is 2.87. The topological polar surface area (TPSA) is 70.2 Å². The van der Waals surface area contributed by atoms with Gasteiger partial charge in [0.15, 0.2) is 0 Å². The monoisotopic (exact) mass is 456 g/mol. The lowest BCUT2D eigenvalue weighted by Gasteiger charge is -2.22. The number of H-pyrrole nitrogens is 1. The van der Waals surface area contributed by atoms with Crippen molar-refractivity contribution in [1.82, 2.24) is 9.29 Å². The number of aromatic nitrogens is 1. The molecule has 0 amide bonds. The van der Waals surface area contributed by atoms with Crippen LogP contribution in [0.1, 0.15) is 21.6 Å². The van der Waals surface area contributed by atoms with Crippen LogP contribution >= 0.6 is 11.3 Å². The minimum absolute atomic E-state index is 0.0193. The summed E-state index contributed by atoms with van der Waals surface area (Å²) in [5.74, 6) is -0.514. The number of nitrogens with zero attached hydrogens (tertiary/aromatic N) is 1. The lowest BCUT2D eigenvalue weighted by atomic mass is 10.1. The normalized spacial score (nSPS) is 12.0. The minimum Gasteiger partial charge on any atom is -0.322 e. The Balaban J connectivity index is 1.77. The van der Waals surface area contributed by atoms with E-state index in [0.29, 0.717) is 11.1 Å². The second kappa shape index (κ2) is 8.37. The Hall–Kier alpha value is -2.81. The molecule has 160 valence electrons. The number of rotatable bonds is 6. The fourth-order valence-electron chi connectivity index (χ4n) is 3.39. The van der Waals surface area contributed by atoms with E-state index in [9.17, 15) is 17.6 Å². The van der Waals surface area contributed by atoms with Gasteiger partial charge in [-0.2, -0.15) is 4.31 Å². The van der Waals surface area contributed by atoms with E-state index < -0.39 is 15.8 Å². The maximum atomic E-state index is 13.3. The Bertz CT molecular complexity index is 1390. The summed E-state index contributed by atoms with van der Waals surface area (Å²) in [7, 11) is -3.96. The van der Waals surface area contributed by atoms with Gasteiger partial charge in [0.05, 0.1) is 4.90 Å². The molecule has 2 heterocycles. The molecule has 0 bridgehead atoms. The SMILES string of the molecule is Cc1cc2cc(CN(Cc3cccs3)S(=O)(=O)c3ccc(F)cc3)c(=O)[nH]c2cc1C. The van der Waals surface area contributed by atoms with Gasteiger partial charge in [0, 0.05) is 29.0 Å². The summed E-state index contributed by atoms with van der Waals surface area (Å²) in [4.78, 5) is 16.4. The lowest BCUT2D eigenvalue weighted by Crippen LogP contribution is -2.32. The van der Waals surface area contributed by atoms with Gasteiger partial charge in [-0.3, -0.25) is 4.79 Å². The highest BCUT2D eigenvalue weighted by molar-refractivity contribution is 7.89. The standard InChI is InChI=1S/C23H21FN2O3S2/c1-15-10-17-12-18(23(27)25-22(17)11-16(15)2)13-26(14-20-4-3-9-30-20)31(28,29)21-7-5-19(24)6-8-21/h3-12H,13-14H2,1-2H3,(H,25,27). The Morgan fingerprint density at radius 1 is 1.00 bits per heavy atom. The van der Waals surface area contributed by atoms with Gasteiger partial charge in [0.2, 0.25) is 10.0 Å². The molecular weight excluding hydrogens is 435 g/mol. The quantitative estimate of drug-likeness (QED) is 0.456. The van der Waals surface area contributed by atoms with Crippen molar-refractivity contribution in [2.75, 3.05) is 0 Å². The third kappa shape index (κ3) is 4.46. The molecule has 31 heavy (non-hydrogen) atoms. The Kier molecular flexibility index (Phi) is 5.79. The van der Waals surface area contributed by atoms with Gasteiger partial charge in [0.25, 0.3) is 5.56 Å². The molecular formula is C23H21FN2O3S2. The molecule has 0 aliphatic heterocycles. The van der Waals surface area contributed by atoms with E-state index in [1.807, 2.05) is 43.5 Å². The number of hydrogen-bond donors (Lipinski definition) is 1. The summed E-state index contributed by atoms with van der Waals surface area (Å²) < 4.78 is 41.3. The molecule has 2 aromatic heterocycles. The van der Waals surface area contributed by atoms with E-state index in [0.717, 1.165) is 33.5 Å². The molecule has 2 aromatic carbocycles. The van der Waals surface area contributed by atoms with Crippen molar-refractivity contribution in [3.05, 3.63) is 97.7 Å². The van der Waals surface area contributed by atoms with Gasteiger partial charge in [-0.15, -0.1) is 11.3 Å². The third-order valence-corrected chi connectivity index (χ3v) is 7.91. The van der Waals surface area contributed by atoms with Crippen molar-refractivity contribution >= 4 is 32.3 Å². The minimum atomic E-state index is -3.96. The number of aromatic amines is 1. The summed E-state index contributed by atoms with van der Waals surface area (Å²) in [5, 5.41) is 2.71. The number of halogens is 1. The maximum Gasteiger partial charge on any atom is 0.252 e. The molecule has 4 rings (SSSR count). The number of thiophene rings is 1. The predicted octanol–water partition coefficient (Wildman–Crippen LogP) is 4.74. The Labute approximate surface area is 183 Å². The van der Waals surface area contributed by atoms with Crippen molar-refractivity contribution < 1.29 is 12.8 Å². The van der Waals surface area contributed by atoms with Crippen molar-refractivity contribution in [3.63, 3.8) is 0 Å². The maximum absolute atomic E-state index is 13.3. The van der Waals surface area contributed by atoms with Crippen LogP contribution in [0.15, 0.2) is 69.7 Å². The lowest BCUT2D eigenvalue weighted by molar-refractivity contribution is 0.402. The number of aryl methyl sites for hydroxylation is 2. The number of pyridine rings is 1. The molecule has 0 spiro atoms. The molecule has 0 atom stereocenters. The number of hydrogen-bond acceptors (Lipinski definition) is 4. The molecule has 0 saturated carbocycles. The molecule has 4 aromatic rings. The van der Waals surface area contributed by atoms with Gasteiger partial charge in [-0.05, 0) is 84.3 Å². The van der Waals surface area contributed by atoms with Crippen LogP contribution in [0.25, 0.3) is 10.9 Å². The van der Waals surface area contributed by atoms with E-state index in [1.54, 1.807) is 6.07 Å². The average Bonchev–Trinajstić information content (AvgIpc) is 3.23. The number of benzene rings is 2. The zero-order chi connectivity index (χ0) is 22.2. The third-order valence-electron chi connectivity index (χ3n) is 5.25. The van der Waals surface area contributed by atoms with Crippen molar-refractivity contribution in [3.8, 4) is 0 Å². The Morgan fingerprint density at radius 2 is 1.71 bits per heavy atom. The molecule has 0 fully saturated rings. The molecule has 0 aliphatic carbocycles. The van der Waals surface area contributed by atoms with E-state index >= 15 is 0 Å². The second-order valence-corrected chi connectivity index (χ2v) is 10.4. The van der Waals surface area contributed by atoms with Crippen LogP contribution in [0.4, 0.5) is 4.39 Å². The zero-order valence-electron chi connectivity index (χ0n) is 17.1. The fraction of sp³-hybridized carbons (Fsp3) is 0.174. The van der Waals surface area contributed by atoms with Gasteiger partial charge in [-0.25, -0.2) is 12.8 Å². The van der Waals surface area contributed by atoms with E-state index in [4.69, 9.17) is 0 Å². The largest absolute Gasteiger partial charge is 0.322 e. The van der Waals surface area contributed by atoms with Crippen LogP contribution in [-0.4, -0.2) is 17.7 Å². The van der Waals surface area contributed by atoms with Crippen molar-refractivity contribution in [1.29, 1.82) is 0 Å². The van der Waals surface area contributed by atoms with Crippen LogP contribution in [-0.2, 0) is 23.1 Å². The first kappa shape index (κ1) is 21.4. The summed E-state index contributed by atoms with van der Waals surface area (Å²) >= 11 is 1.43.